The van der Waals surface area contributed by atoms with Crippen molar-refractivity contribution in [1.29, 1.82) is 0 Å². The first-order valence-electron chi connectivity index (χ1n) is 22.2. The van der Waals surface area contributed by atoms with E-state index >= 15 is 0 Å². The monoisotopic (exact) mass is 850 g/mol. The first-order chi connectivity index (χ1) is 32.7. The van der Waals surface area contributed by atoms with Crippen LogP contribution in [-0.2, 0) is 0 Å². The maximum atomic E-state index is 3.77. The molecule has 6 heterocycles. The lowest BCUT2D eigenvalue weighted by atomic mass is 9.92. The van der Waals surface area contributed by atoms with Crippen LogP contribution in [0.4, 0.5) is 0 Å². The molecular weight excluding hydrogens is 805 g/mol. The summed E-state index contributed by atoms with van der Waals surface area (Å²) < 4.78 is 0. The third kappa shape index (κ3) is 8.30. The molecule has 11 aromatic rings. The van der Waals surface area contributed by atoms with Gasteiger partial charge in [-0.3, -0.25) is 0 Å². The predicted octanol–water partition coefficient (Wildman–Crippen LogP) is 11.2. The second-order valence-corrected chi connectivity index (χ2v) is 16.4. The minimum absolute atomic E-state index is 1.04. The van der Waals surface area contributed by atoms with E-state index in [-0.39, 0.29) is 0 Å². The Morgan fingerprint density at radius 3 is 0.818 bits per heavy atom. The molecule has 11 rings (SSSR count). The maximum absolute atomic E-state index is 3.77. The summed E-state index contributed by atoms with van der Waals surface area (Å²) >= 11 is 0. The molecule has 6 heteroatoms. The molecule has 0 unspecified atom stereocenters. The number of benzene rings is 5. The van der Waals surface area contributed by atoms with Crippen molar-refractivity contribution in [2.24, 2.45) is 0 Å². The van der Waals surface area contributed by atoms with Gasteiger partial charge in [-0.1, -0.05) is 48.5 Å². The number of nitrogens with one attached hydrogen (secondary N) is 6. The molecule has 0 radical (unpaired) electrons. The van der Waals surface area contributed by atoms with E-state index in [0.717, 1.165) is 112 Å². The van der Waals surface area contributed by atoms with Gasteiger partial charge in [-0.05, 0) is 131 Å². The summed E-state index contributed by atoms with van der Waals surface area (Å²) in [5.74, 6) is 0. The van der Waals surface area contributed by atoms with Crippen molar-refractivity contribution in [1.82, 2.24) is 0 Å². The van der Waals surface area contributed by atoms with Crippen LogP contribution in [-0.4, -0.2) is 0 Å². The zero-order valence-corrected chi connectivity index (χ0v) is 36.1. The largest absolute Gasteiger partial charge is 0.218 e. The molecule has 0 fully saturated rings. The van der Waals surface area contributed by atoms with Gasteiger partial charge in [0.2, 0.25) is 34.2 Å². The number of pyridine rings is 6. The number of hydrogen-bond donors (Lipinski definition) is 0. The molecule has 0 aliphatic heterocycles. The van der Waals surface area contributed by atoms with E-state index in [1.807, 2.05) is 49.1 Å². The minimum Gasteiger partial charge on any atom is -0.211 e. The van der Waals surface area contributed by atoms with Crippen molar-refractivity contribution < 1.29 is 29.9 Å². The van der Waals surface area contributed by atoms with Gasteiger partial charge < -0.3 is 0 Å². The quantitative estimate of drug-likeness (QED) is 0.131. The minimum atomic E-state index is 1.04. The number of aromatic nitrogens is 6. The van der Waals surface area contributed by atoms with Crippen molar-refractivity contribution in [2.75, 3.05) is 0 Å². The van der Waals surface area contributed by atoms with Crippen LogP contribution in [0.5, 0.6) is 0 Å². The summed E-state index contributed by atoms with van der Waals surface area (Å²) in [4.78, 5) is 21.2. The normalized spacial score (nSPS) is 11.0. The highest BCUT2D eigenvalue weighted by molar-refractivity contribution is 5.87. The van der Waals surface area contributed by atoms with Crippen molar-refractivity contribution in [3.05, 3.63) is 243 Å². The van der Waals surface area contributed by atoms with E-state index in [1.54, 1.807) is 0 Å². The highest BCUT2D eigenvalue weighted by atomic mass is 14.7. The number of H-pyrrole nitrogens is 6. The van der Waals surface area contributed by atoms with Gasteiger partial charge in [-0.25, -0.2) is 29.9 Å². The van der Waals surface area contributed by atoms with Crippen molar-refractivity contribution >= 4 is 0 Å². The SMILES string of the molecule is c1ccc(-c2cccc(-c3c[nH+]c(-c4ccc(-c5[nH+]cc(-c6cccc(-c7cccc[nH+]7)c6)cc5-c5cccc(-c6cccc[nH+]6)c5)cc4)c(-c4cccc(-c5cccc[nH+]5)c4)c3)c2)[nH+]c1. The van der Waals surface area contributed by atoms with Crippen molar-refractivity contribution in [2.45, 2.75) is 0 Å². The van der Waals surface area contributed by atoms with Crippen LogP contribution in [0.25, 0.3) is 112 Å². The summed E-state index contributed by atoms with van der Waals surface area (Å²) in [7, 11) is 0. The van der Waals surface area contributed by atoms with Crippen LogP contribution in [0.2, 0.25) is 0 Å². The fourth-order valence-corrected chi connectivity index (χ4v) is 8.80. The van der Waals surface area contributed by atoms with Gasteiger partial charge in [0.25, 0.3) is 0 Å². The Morgan fingerprint density at radius 2 is 0.500 bits per heavy atom. The average Bonchev–Trinajstić information content (AvgIpc) is 3.42. The summed E-state index contributed by atoms with van der Waals surface area (Å²) in [5.41, 5.74) is 21.9. The van der Waals surface area contributed by atoms with Crippen molar-refractivity contribution in [3.63, 3.8) is 0 Å². The Bertz CT molecular complexity index is 3220. The van der Waals surface area contributed by atoms with Crippen LogP contribution in [0, 0.1) is 0 Å². The Morgan fingerprint density at radius 1 is 0.197 bits per heavy atom. The molecule has 5 aromatic carbocycles. The Hall–Kier alpha value is -9.00. The molecule has 0 bridgehead atoms. The Balaban J connectivity index is 1.01. The molecule has 310 valence electrons. The summed E-state index contributed by atoms with van der Waals surface area (Å²) in [6, 6.07) is 73.1. The topological polar surface area (TPSA) is 84.8 Å². The lowest BCUT2D eigenvalue weighted by Gasteiger charge is -2.11. The van der Waals surface area contributed by atoms with Crippen molar-refractivity contribution in [3.8, 4) is 112 Å². The summed E-state index contributed by atoms with van der Waals surface area (Å²) in [5, 5.41) is 0. The van der Waals surface area contributed by atoms with Crippen LogP contribution < -0.4 is 29.9 Å². The van der Waals surface area contributed by atoms with Crippen LogP contribution in [0.3, 0.4) is 0 Å². The molecule has 0 spiro atoms. The first-order valence-corrected chi connectivity index (χ1v) is 22.2. The van der Waals surface area contributed by atoms with E-state index in [2.05, 4.69) is 224 Å². The summed E-state index contributed by atoms with van der Waals surface area (Å²) in [6.45, 7) is 0. The van der Waals surface area contributed by atoms with Gasteiger partial charge in [0.05, 0.1) is 11.1 Å². The molecular formula is C60H46N6+6. The molecule has 66 heavy (non-hydrogen) atoms. The van der Waals surface area contributed by atoms with Gasteiger partial charge in [0, 0.05) is 93.0 Å². The van der Waals surface area contributed by atoms with Gasteiger partial charge in [-0.15, -0.1) is 0 Å². The first kappa shape index (κ1) is 39.8. The van der Waals surface area contributed by atoms with E-state index in [0.29, 0.717) is 0 Å². The molecule has 0 saturated carbocycles. The van der Waals surface area contributed by atoms with Crippen LogP contribution >= 0.6 is 0 Å². The van der Waals surface area contributed by atoms with Gasteiger partial charge in [-0.2, -0.15) is 0 Å². The molecule has 0 aliphatic carbocycles. The molecule has 6 nitrogen and oxygen atoms in total. The second-order valence-electron chi connectivity index (χ2n) is 16.4. The third-order valence-electron chi connectivity index (χ3n) is 12.2. The van der Waals surface area contributed by atoms with E-state index in [1.165, 1.54) is 0 Å². The van der Waals surface area contributed by atoms with Gasteiger partial charge in [0.1, 0.15) is 0 Å². The predicted molar refractivity (Wildman–Crippen MR) is 260 cm³/mol. The van der Waals surface area contributed by atoms with Gasteiger partial charge in [0.15, 0.2) is 37.2 Å². The molecule has 0 amide bonds. The second kappa shape index (κ2) is 18.0. The smallest absolute Gasteiger partial charge is 0.211 e. The number of hydrogen-bond acceptors (Lipinski definition) is 0. The van der Waals surface area contributed by atoms with Gasteiger partial charge >= 0.3 is 0 Å². The highest BCUT2D eigenvalue weighted by Crippen LogP contribution is 2.38. The van der Waals surface area contributed by atoms with Crippen LogP contribution in [0.1, 0.15) is 0 Å². The highest BCUT2D eigenvalue weighted by Gasteiger charge is 2.22. The van der Waals surface area contributed by atoms with Crippen LogP contribution in [0.15, 0.2) is 243 Å². The number of aromatic amines is 6. The Labute approximate surface area is 383 Å². The standard InChI is InChI=1S/C60H40N6/c1-5-29-61-55(21-1)47-17-9-13-43(33-47)51-37-53(45-15-11-19-49(35-45)57-23-3-7-31-63-57)59(65-39-51)41-25-27-42(28-26-41)60-54(46-16-12-20-50(36-46)58-24-4-8-32-64-58)38-52(40-66-60)44-14-10-18-48(34-44)56-22-2-6-30-62-56/h1-40H/p+6. The van der Waals surface area contributed by atoms with E-state index < -0.39 is 0 Å². The molecule has 0 aliphatic rings. The number of rotatable bonds is 10. The molecule has 0 saturated heterocycles. The zero-order chi connectivity index (χ0) is 44.1. The maximum Gasteiger partial charge on any atom is 0.218 e. The third-order valence-corrected chi connectivity index (χ3v) is 12.2. The fourth-order valence-electron chi connectivity index (χ4n) is 8.80. The fraction of sp³-hybridized carbons (Fsp3) is 0. The van der Waals surface area contributed by atoms with E-state index in [9.17, 15) is 0 Å². The molecule has 6 N–H and O–H groups in total. The lowest BCUT2D eigenvalue weighted by molar-refractivity contribution is -0.365. The summed E-state index contributed by atoms with van der Waals surface area (Å²) in [6.07, 6.45) is 12.1. The molecule has 6 aromatic heterocycles. The average molecular weight is 851 g/mol. The Kier molecular flexibility index (Phi) is 10.9. The lowest BCUT2D eigenvalue weighted by Crippen LogP contribution is -2.11. The zero-order valence-electron chi connectivity index (χ0n) is 36.1. The van der Waals surface area contributed by atoms with E-state index in [4.69, 9.17) is 0 Å². The molecule has 0 atom stereocenters.